The second-order valence-electron chi connectivity index (χ2n) is 4.34. The number of rotatable bonds is 3. The number of nitriles is 1. The molecule has 1 aromatic carbocycles. The Kier molecular flexibility index (Phi) is 3.31. The molecule has 0 aliphatic heterocycles. The zero-order valence-electron chi connectivity index (χ0n) is 11.0. The van der Waals surface area contributed by atoms with Gasteiger partial charge in [0.1, 0.15) is 12.2 Å². The molecule has 0 saturated carbocycles. The van der Waals surface area contributed by atoms with E-state index in [2.05, 4.69) is 10.2 Å². The van der Waals surface area contributed by atoms with Crippen molar-refractivity contribution in [2.24, 2.45) is 0 Å². The van der Waals surface area contributed by atoms with Gasteiger partial charge in [0.05, 0.1) is 23.6 Å². The van der Waals surface area contributed by atoms with Crippen molar-refractivity contribution in [1.82, 2.24) is 19.6 Å². The van der Waals surface area contributed by atoms with Crippen molar-refractivity contribution in [3.05, 3.63) is 65.1 Å². The van der Waals surface area contributed by atoms with E-state index in [9.17, 15) is 4.79 Å². The van der Waals surface area contributed by atoms with Crippen molar-refractivity contribution >= 4 is 0 Å². The van der Waals surface area contributed by atoms with Gasteiger partial charge < -0.3 is 0 Å². The highest BCUT2D eigenvalue weighted by Crippen LogP contribution is 2.19. The summed E-state index contributed by atoms with van der Waals surface area (Å²) in [6, 6.07) is 16.4. The van der Waals surface area contributed by atoms with E-state index in [1.54, 1.807) is 16.9 Å². The molecule has 0 aliphatic rings. The molecular weight excluding hydrogens is 266 g/mol. The highest BCUT2D eigenvalue weighted by Gasteiger charge is 2.10. The van der Waals surface area contributed by atoms with Crippen LogP contribution in [-0.2, 0) is 6.54 Å². The summed E-state index contributed by atoms with van der Waals surface area (Å²) in [5, 5.41) is 17.2. The SMILES string of the molecule is N#CCn1nc(-c2ccnn2-c2ccccc2)ccc1=O. The molecular formula is C15H11N5O. The van der Waals surface area contributed by atoms with Gasteiger partial charge in [0.25, 0.3) is 5.56 Å². The highest BCUT2D eigenvalue weighted by atomic mass is 16.1. The van der Waals surface area contributed by atoms with Crippen molar-refractivity contribution in [2.75, 3.05) is 0 Å². The van der Waals surface area contributed by atoms with Gasteiger partial charge in [0.2, 0.25) is 0 Å². The molecule has 0 radical (unpaired) electrons. The lowest BCUT2D eigenvalue weighted by Crippen LogP contribution is -2.22. The molecule has 2 aromatic heterocycles. The van der Waals surface area contributed by atoms with Crippen molar-refractivity contribution in [3.63, 3.8) is 0 Å². The summed E-state index contributed by atoms with van der Waals surface area (Å²) in [6.07, 6.45) is 1.67. The Hall–Kier alpha value is -3.20. The van der Waals surface area contributed by atoms with Crippen LogP contribution in [-0.4, -0.2) is 19.6 Å². The van der Waals surface area contributed by atoms with Crippen LogP contribution in [0.1, 0.15) is 0 Å². The Morgan fingerprint density at radius 2 is 1.90 bits per heavy atom. The normalized spacial score (nSPS) is 10.2. The molecule has 0 bridgehead atoms. The lowest BCUT2D eigenvalue weighted by atomic mass is 10.2. The Bertz CT molecular complexity index is 858. The van der Waals surface area contributed by atoms with Gasteiger partial charge in [-0.25, -0.2) is 9.36 Å². The Morgan fingerprint density at radius 1 is 1.10 bits per heavy atom. The quantitative estimate of drug-likeness (QED) is 0.729. The molecule has 0 aliphatic carbocycles. The average Bonchev–Trinajstić information content (AvgIpc) is 3.00. The van der Waals surface area contributed by atoms with E-state index in [1.165, 1.54) is 6.07 Å². The van der Waals surface area contributed by atoms with Crippen molar-refractivity contribution in [3.8, 4) is 23.1 Å². The second kappa shape index (κ2) is 5.43. The maximum atomic E-state index is 11.6. The molecule has 0 fully saturated rings. The van der Waals surface area contributed by atoms with Gasteiger partial charge in [-0.15, -0.1) is 0 Å². The predicted octanol–water partition coefficient (Wildman–Crippen LogP) is 1.62. The molecule has 3 rings (SSSR count). The van der Waals surface area contributed by atoms with E-state index < -0.39 is 0 Å². The van der Waals surface area contributed by atoms with Crippen LogP contribution >= 0.6 is 0 Å². The Morgan fingerprint density at radius 3 is 2.67 bits per heavy atom. The number of hydrogen-bond acceptors (Lipinski definition) is 4. The van der Waals surface area contributed by atoms with Crippen LogP contribution in [0.5, 0.6) is 0 Å². The van der Waals surface area contributed by atoms with Crippen molar-refractivity contribution in [2.45, 2.75) is 6.54 Å². The molecule has 0 atom stereocenters. The van der Waals surface area contributed by atoms with Crippen LogP contribution in [0.2, 0.25) is 0 Å². The minimum absolute atomic E-state index is 0.0772. The molecule has 0 saturated heterocycles. The van der Waals surface area contributed by atoms with Crippen LogP contribution in [0.4, 0.5) is 0 Å². The summed E-state index contributed by atoms with van der Waals surface area (Å²) in [4.78, 5) is 11.6. The summed E-state index contributed by atoms with van der Waals surface area (Å²) in [5.41, 5.74) is 1.95. The third-order valence-corrected chi connectivity index (χ3v) is 2.99. The van der Waals surface area contributed by atoms with E-state index in [0.29, 0.717) is 5.69 Å². The van der Waals surface area contributed by atoms with E-state index >= 15 is 0 Å². The van der Waals surface area contributed by atoms with Gasteiger partial charge in [0, 0.05) is 6.07 Å². The Balaban J connectivity index is 2.11. The van der Waals surface area contributed by atoms with Crippen LogP contribution in [0.25, 0.3) is 17.1 Å². The molecule has 0 N–H and O–H groups in total. The van der Waals surface area contributed by atoms with Gasteiger partial charge in [-0.05, 0) is 24.3 Å². The first-order chi connectivity index (χ1) is 10.3. The predicted molar refractivity (Wildman–Crippen MR) is 76.7 cm³/mol. The van der Waals surface area contributed by atoms with Crippen LogP contribution < -0.4 is 5.56 Å². The van der Waals surface area contributed by atoms with Gasteiger partial charge in [0.15, 0.2) is 0 Å². The molecule has 0 spiro atoms. The zero-order valence-corrected chi connectivity index (χ0v) is 11.0. The smallest absolute Gasteiger partial charge is 0.267 e. The number of hydrogen-bond donors (Lipinski definition) is 0. The summed E-state index contributed by atoms with van der Waals surface area (Å²) < 4.78 is 2.88. The monoisotopic (exact) mass is 277 g/mol. The second-order valence-corrected chi connectivity index (χ2v) is 4.34. The topological polar surface area (TPSA) is 76.5 Å². The standard InChI is InChI=1S/C15H11N5O/c16-9-11-19-15(21)7-6-13(18-19)14-8-10-17-20(14)12-4-2-1-3-5-12/h1-8,10H,11H2. The Labute approximate surface area is 120 Å². The third-order valence-electron chi connectivity index (χ3n) is 2.99. The minimum Gasteiger partial charge on any atom is -0.268 e. The number of benzene rings is 1. The zero-order chi connectivity index (χ0) is 14.7. The highest BCUT2D eigenvalue weighted by molar-refractivity contribution is 5.56. The molecule has 2 heterocycles. The average molecular weight is 277 g/mol. The third kappa shape index (κ3) is 2.44. The lowest BCUT2D eigenvalue weighted by molar-refractivity contribution is 0.660. The van der Waals surface area contributed by atoms with Crippen LogP contribution in [0, 0.1) is 11.3 Å². The fraction of sp³-hybridized carbons (Fsp3) is 0.0667. The molecule has 3 aromatic rings. The van der Waals surface area contributed by atoms with E-state index in [0.717, 1.165) is 16.1 Å². The molecule has 6 heteroatoms. The maximum absolute atomic E-state index is 11.6. The maximum Gasteiger partial charge on any atom is 0.267 e. The fourth-order valence-electron chi connectivity index (χ4n) is 2.04. The van der Waals surface area contributed by atoms with Crippen molar-refractivity contribution in [1.29, 1.82) is 5.26 Å². The molecule has 21 heavy (non-hydrogen) atoms. The summed E-state index contributed by atoms with van der Waals surface area (Å²) in [6.45, 7) is -0.0772. The molecule has 0 amide bonds. The van der Waals surface area contributed by atoms with Crippen LogP contribution in [0.3, 0.4) is 0 Å². The lowest BCUT2D eigenvalue weighted by Gasteiger charge is -2.08. The first-order valence-electron chi connectivity index (χ1n) is 6.34. The number of para-hydroxylation sites is 1. The van der Waals surface area contributed by atoms with E-state index in [-0.39, 0.29) is 12.1 Å². The molecule has 6 nitrogen and oxygen atoms in total. The summed E-state index contributed by atoms with van der Waals surface area (Å²) in [5.74, 6) is 0. The summed E-state index contributed by atoms with van der Waals surface area (Å²) >= 11 is 0. The van der Waals surface area contributed by atoms with Gasteiger partial charge in [-0.3, -0.25) is 4.79 Å². The van der Waals surface area contributed by atoms with Gasteiger partial charge in [-0.1, -0.05) is 18.2 Å². The number of aromatic nitrogens is 4. The minimum atomic E-state index is -0.300. The first-order valence-corrected chi connectivity index (χ1v) is 6.34. The van der Waals surface area contributed by atoms with Gasteiger partial charge >= 0.3 is 0 Å². The van der Waals surface area contributed by atoms with Crippen LogP contribution in [0.15, 0.2) is 59.5 Å². The van der Waals surface area contributed by atoms with Crippen molar-refractivity contribution < 1.29 is 0 Å². The number of nitrogens with zero attached hydrogens (tertiary/aromatic N) is 5. The first kappa shape index (κ1) is 12.8. The fourth-order valence-corrected chi connectivity index (χ4v) is 2.04. The van der Waals surface area contributed by atoms with Gasteiger partial charge in [-0.2, -0.15) is 15.5 Å². The summed E-state index contributed by atoms with van der Waals surface area (Å²) in [7, 11) is 0. The largest absolute Gasteiger partial charge is 0.268 e. The van der Waals surface area contributed by atoms with E-state index in [4.69, 9.17) is 5.26 Å². The molecule has 102 valence electrons. The van der Waals surface area contributed by atoms with E-state index in [1.807, 2.05) is 42.5 Å². The molecule has 0 unspecified atom stereocenters.